The molecule has 6 nitrogen and oxygen atoms in total. The van der Waals surface area contributed by atoms with E-state index < -0.39 is 0 Å². The van der Waals surface area contributed by atoms with Crippen LogP contribution in [0.4, 0.5) is 5.69 Å². The number of nitrogens with one attached hydrogen (secondary N) is 3. The Balaban J connectivity index is 2.58. The molecule has 6 heteroatoms. The number of rotatable bonds is 7. The molecule has 0 saturated carbocycles. The first-order valence-electron chi connectivity index (χ1n) is 6.35. The van der Waals surface area contributed by atoms with Gasteiger partial charge in [-0.15, -0.1) is 0 Å². The van der Waals surface area contributed by atoms with Crippen molar-refractivity contribution in [1.82, 2.24) is 15.6 Å². The summed E-state index contributed by atoms with van der Waals surface area (Å²) in [5.41, 5.74) is 1.25. The Kier molecular flexibility index (Phi) is 6.35. The molecule has 0 radical (unpaired) electrons. The lowest BCUT2D eigenvalue weighted by molar-refractivity contribution is -0.120. The first-order chi connectivity index (χ1) is 9.19. The van der Waals surface area contributed by atoms with E-state index in [1.807, 2.05) is 0 Å². The van der Waals surface area contributed by atoms with E-state index >= 15 is 0 Å². The summed E-state index contributed by atoms with van der Waals surface area (Å²) in [5, 5.41) is 8.38. The summed E-state index contributed by atoms with van der Waals surface area (Å²) in [4.78, 5) is 27.0. The number of carbonyl (C=O) groups is 2. The zero-order chi connectivity index (χ0) is 14.1. The second kappa shape index (κ2) is 8.07. The highest BCUT2D eigenvalue weighted by molar-refractivity contribution is 5.99. The largest absolute Gasteiger partial charge is 0.384 e. The fraction of sp³-hybridized carbons (Fsp3) is 0.462. The van der Waals surface area contributed by atoms with E-state index in [0.717, 1.165) is 18.7 Å². The van der Waals surface area contributed by atoms with Crippen LogP contribution in [0.5, 0.6) is 0 Å². The van der Waals surface area contributed by atoms with Crippen molar-refractivity contribution in [2.24, 2.45) is 0 Å². The van der Waals surface area contributed by atoms with Crippen molar-refractivity contribution in [3.05, 3.63) is 24.0 Å². The number of nitrogens with zero attached hydrogens (tertiary/aromatic N) is 1. The fourth-order valence-corrected chi connectivity index (χ4v) is 1.50. The lowest BCUT2D eigenvalue weighted by Crippen LogP contribution is -2.29. The van der Waals surface area contributed by atoms with Gasteiger partial charge in [-0.1, -0.05) is 6.92 Å². The number of anilines is 1. The minimum Gasteiger partial charge on any atom is -0.384 e. The van der Waals surface area contributed by atoms with E-state index in [9.17, 15) is 9.59 Å². The Morgan fingerprint density at radius 1 is 1.32 bits per heavy atom. The van der Waals surface area contributed by atoms with Crippen LogP contribution in [0.25, 0.3) is 0 Å². The monoisotopic (exact) mass is 264 g/mol. The van der Waals surface area contributed by atoms with Crippen molar-refractivity contribution >= 4 is 17.5 Å². The third kappa shape index (κ3) is 4.95. The number of amides is 2. The molecule has 0 saturated heterocycles. The van der Waals surface area contributed by atoms with Crippen LogP contribution in [-0.2, 0) is 4.79 Å². The highest BCUT2D eigenvalue weighted by atomic mass is 16.2. The van der Waals surface area contributed by atoms with Crippen molar-refractivity contribution < 1.29 is 9.59 Å². The van der Waals surface area contributed by atoms with Gasteiger partial charge < -0.3 is 16.0 Å². The van der Waals surface area contributed by atoms with Crippen LogP contribution in [-0.4, -0.2) is 36.9 Å². The highest BCUT2D eigenvalue weighted by Gasteiger charge is 2.11. The van der Waals surface area contributed by atoms with Crippen LogP contribution < -0.4 is 16.0 Å². The number of aromatic nitrogens is 1. The molecule has 0 aliphatic heterocycles. The summed E-state index contributed by atoms with van der Waals surface area (Å²) in [7, 11) is 1.57. The van der Waals surface area contributed by atoms with Gasteiger partial charge in [-0.3, -0.25) is 14.6 Å². The minimum absolute atomic E-state index is 0.101. The SMILES string of the molecule is CCCNc1ccncc1C(=O)NCCC(=O)NC. The Hall–Kier alpha value is -2.11. The Labute approximate surface area is 113 Å². The van der Waals surface area contributed by atoms with E-state index in [4.69, 9.17) is 0 Å². The van der Waals surface area contributed by atoms with Gasteiger partial charge in [0.05, 0.1) is 11.3 Å². The summed E-state index contributed by atoms with van der Waals surface area (Å²) in [6, 6.07) is 1.77. The molecule has 0 aromatic carbocycles. The quantitative estimate of drug-likeness (QED) is 0.679. The third-order valence-electron chi connectivity index (χ3n) is 2.55. The average Bonchev–Trinajstić information content (AvgIpc) is 2.45. The van der Waals surface area contributed by atoms with Gasteiger partial charge in [0.1, 0.15) is 0 Å². The van der Waals surface area contributed by atoms with Crippen LogP contribution in [0.15, 0.2) is 18.5 Å². The average molecular weight is 264 g/mol. The van der Waals surface area contributed by atoms with Gasteiger partial charge in [-0.2, -0.15) is 0 Å². The molecule has 1 rings (SSSR count). The molecular weight excluding hydrogens is 244 g/mol. The van der Waals surface area contributed by atoms with Gasteiger partial charge in [-0.05, 0) is 12.5 Å². The first-order valence-corrected chi connectivity index (χ1v) is 6.35. The summed E-state index contributed by atoms with van der Waals surface area (Å²) < 4.78 is 0. The maximum absolute atomic E-state index is 12.0. The van der Waals surface area contributed by atoms with E-state index in [-0.39, 0.29) is 18.2 Å². The maximum Gasteiger partial charge on any atom is 0.254 e. The van der Waals surface area contributed by atoms with Crippen LogP contribution in [0, 0.1) is 0 Å². The maximum atomic E-state index is 12.0. The van der Waals surface area contributed by atoms with Crippen LogP contribution in [0.2, 0.25) is 0 Å². The van der Waals surface area contributed by atoms with Gasteiger partial charge in [-0.25, -0.2) is 0 Å². The zero-order valence-electron chi connectivity index (χ0n) is 11.3. The molecular formula is C13H20N4O2. The standard InChI is InChI=1S/C13H20N4O2/c1-3-6-16-11-4-7-15-9-10(11)13(19)17-8-5-12(18)14-2/h4,7,9H,3,5-6,8H2,1-2H3,(H,14,18)(H,15,16)(H,17,19). The lowest BCUT2D eigenvalue weighted by atomic mass is 10.2. The molecule has 0 atom stereocenters. The molecule has 0 unspecified atom stereocenters. The Bertz CT molecular complexity index is 434. The summed E-state index contributed by atoms with van der Waals surface area (Å²) in [5.74, 6) is -0.327. The summed E-state index contributed by atoms with van der Waals surface area (Å²) >= 11 is 0. The third-order valence-corrected chi connectivity index (χ3v) is 2.55. The molecule has 0 spiro atoms. The number of hydrogen-bond acceptors (Lipinski definition) is 4. The van der Waals surface area contributed by atoms with E-state index in [1.165, 1.54) is 6.20 Å². The normalized spacial score (nSPS) is 9.79. The molecule has 1 heterocycles. The van der Waals surface area contributed by atoms with Crippen LogP contribution in [0.1, 0.15) is 30.1 Å². The molecule has 1 aromatic heterocycles. The molecule has 0 aliphatic rings. The number of hydrogen-bond donors (Lipinski definition) is 3. The van der Waals surface area contributed by atoms with Crippen LogP contribution >= 0.6 is 0 Å². The predicted molar refractivity (Wildman–Crippen MR) is 74.0 cm³/mol. The number of carbonyl (C=O) groups excluding carboxylic acids is 2. The second-order valence-electron chi connectivity index (χ2n) is 4.03. The van der Waals surface area contributed by atoms with Gasteiger partial charge >= 0.3 is 0 Å². The molecule has 0 fully saturated rings. The van der Waals surface area contributed by atoms with E-state index in [2.05, 4.69) is 27.9 Å². The lowest BCUT2D eigenvalue weighted by Gasteiger charge is -2.10. The topological polar surface area (TPSA) is 83.1 Å². The number of pyridine rings is 1. The summed E-state index contributed by atoms with van der Waals surface area (Å²) in [6.07, 6.45) is 4.40. The van der Waals surface area contributed by atoms with E-state index in [1.54, 1.807) is 19.3 Å². The van der Waals surface area contributed by atoms with Gasteiger partial charge in [0.2, 0.25) is 5.91 Å². The van der Waals surface area contributed by atoms with E-state index in [0.29, 0.717) is 12.1 Å². The molecule has 1 aromatic rings. The van der Waals surface area contributed by atoms with Gasteiger partial charge in [0.25, 0.3) is 5.91 Å². The molecule has 19 heavy (non-hydrogen) atoms. The molecule has 2 amide bonds. The van der Waals surface area contributed by atoms with Crippen LogP contribution in [0.3, 0.4) is 0 Å². The zero-order valence-corrected chi connectivity index (χ0v) is 11.3. The van der Waals surface area contributed by atoms with Gasteiger partial charge in [0, 0.05) is 39.0 Å². The molecule has 0 bridgehead atoms. The van der Waals surface area contributed by atoms with Crippen molar-refractivity contribution in [2.45, 2.75) is 19.8 Å². The smallest absolute Gasteiger partial charge is 0.254 e. The van der Waals surface area contributed by atoms with Crippen molar-refractivity contribution in [1.29, 1.82) is 0 Å². The minimum atomic E-state index is -0.226. The molecule has 104 valence electrons. The fourth-order valence-electron chi connectivity index (χ4n) is 1.50. The predicted octanol–water partition coefficient (Wildman–Crippen LogP) is 0.769. The molecule has 3 N–H and O–H groups in total. The van der Waals surface area contributed by atoms with Crippen molar-refractivity contribution in [3.63, 3.8) is 0 Å². The molecule has 0 aliphatic carbocycles. The van der Waals surface area contributed by atoms with Crippen molar-refractivity contribution in [2.75, 3.05) is 25.5 Å². The second-order valence-corrected chi connectivity index (χ2v) is 4.03. The van der Waals surface area contributed by atoms with Crippen molar-refractivity contribution in [3.8, 4) is 0 Å². The Morgan fingerprint density at radius 2 is 2.11 bits per heavy atom. The summed E-state index contributed by atoms with van der Waals surface area (Å²) in [6.45, 7) is 3.15. The van der Waals surface area contributed by atoms with Gasteiger partial charge in [0.15, 0.2) is 0 Å². The first kappa shape index (κ1) is 14.9. The highest BCUT2D eigenvalue weighted by Crippen LogP contribution is 2.13. The Morgan fingerprint density at radius 3 is 2.79 bits per heavy atom.